The van der Waals surface area contributed by atoms with Crippen LogP contribution in [0.25, 0.3) is 22.3 Å². The standard InChI is InChI=1S/C26H25N3O2S/c1-3-20(2)29(25-12-8-21(9-13-25)23-6-4-16-27-18-23)32(30,31)26-14-10-22(11-15-26)24-7-5-17-28-19-24/h4-20H,3H2,1-2H3/t20-/m0/s1. The summed E-state index contributed by atoms with van der Waals surface area (Å²) >= 11 is 0. The van der Waals surface area contributed by atoms with Crippen LogP contribution >= 0.6 is 0 Å². The normalized spacial score (nSPS) is 12.3. The molecule has 0 aliphatic heterocycles. The summed E-state index contributed by atoms with van der Waals surface area (Å²) in [4.78, 5) is 8.56. The van der Waals surface area contributed by atoms with Gasteiger partial charge < -0.3 is 0 Å². The van der Waals surface area contributed by atoms with Crippen LogP contribution in [0.4, 0.5) is 5.69 Å². The van der Waals surface area contributed by atoms with Crippen molar-refractivity contribution in [3.05, 3.63) is 97.6 Å². The van der Waals surface area contributed by atoms with Crippen LogP contribution in [0.15, 0.2) is 102 Å². The molecule has 4 aromatic rings. The molecule has 162 valence electrons. The Balaban J connectivity index is 1.68. The maximum atomic E-state index is 13.6. The van der Waals surface area contributed by atoms with Crippen molar-refractivity contribution in [3.63, 3.8) is 0 Å². The van der Waals surface area contributed by atoms with Gasteiger partial charge in [-0.3, -0.25) is 14.3 Å². The number of aromatic nitrogens is 2. The molecule has 1 atom stereocenters. The quantitative estimate of drug-likeness (QED) is 0.362. The van der Waals surface area contributed by atoms with Gasteiger partial charge >= 0.3 is 0 Å². The van der Waals surface area contributed by atoms with E-state index >= 15 is 0 Å². The van der Waals surface area contributed by atoms with Crippen LogP contribution in [0.2, 0.25) is 0 Å². The molecule has 0 saturated heterocycles. The Morgan fingerprint density at radius 3 is 1.69 bits per heavy atom. The number of sulfonamides is 1. The average Bonchev–Trinajstić information content (AvgIpc) is 2.85. The first-order valence-corrected chi connectivity index (χ1v) is 12.0. The largest absolute Gasteiger partial charge is 0.264 e. The highest BCUT2D eigenvalue weighted by atomic mass is 32.2. The Kier molecular flexibility index (Phi) is 6.32. The summed E-state index contributed by atoms with van der Waals surface area (Å²) in [6.45, 7) is 3.92. The Morgan fingerprint density at radius 2 is 1.25 bits per heavy atom. The minimum Gasteiger partial charge on any atom is -0.264 e. The average molecular weight is 444 g/mol. The van der Waals surface area contributed by atoms with E-state index in [2.05, 4.69) is 9.97 Å². The molecule has 2 aromatic heterocycles. The zero-order chi connectivity index (χ0) is 22.6. The van der Waals surface area contributed by atoms with Crippen LogP contribution in [0.3, 0.4) is 0 Å². The molecule has 0 bridgehead atoms. The molecule has 0 saturated carbocycles. The van der Waals surface area contributed by atoms with E-state index in [-0.39, 0.29) is 10.9 Å². The lowest BCUT2D eigenvalue weighted by Crippen LogP contribution is -2.38. The molecule has 0 fully saturated rings. The minimum atomic E-state index is -3.74. The number of pyridine rings is 2. The van der Waals surface area contributed by atoms with Crippen molar-refractivity contribution >= 4 is 15.7 Å². The van der Waals surface area contributed by atoms with Crippen molar-refractivity contribution in [2.75, 3.05) is 4.31 Å². The van der Waals surface area contributed by atoms with Gasteiger partial charge in [0.15, 0.2) is 0 Å². The van der Waals surface area contributed by atoms with Crippen LogP contribution in [-0.4, -0.2) is 24.4 Å². The van der Waals surface area contributed by atoms with Gasteiger partial charge in [-0.05, 0) is 72.0 Å². The van der Waals surface area contributed by atoms with Crippen molar-refractivity contribution in [1.82, 2.24) is 9.97 Å². The number of hydrogen-bond acceptors (Lipinski definition) is 4. The molecule has 0 radical (unpaired) electrons. The molecular weight excluding hydrogens is 418 g/mol. The first-order valence-electron chi connectivity index (χ1n) is 10.6. The fourth-order valence-corrected chi connectivity index (χ4v) is 5.33. The lowest BCUT2D eigenvalue weighted by molar-refractivity contribution is 0.577. The molecule has 2 aromatic carbocycles. The summed E-state index contributed by atoms with van der Waals surface area (Å²) in [5.74, 6) is 0. The van der Waals surface area contributed by atoms with E-state index in [1.54, 1.807) is 36.9 Å². The maximum absolute atomic E-state index is 13.6. The van der Waals surface area contributed by atoms with Crippen molar-refractivity contribution in [2.24, 2.45) is 0 Å². The SMILES string of the molecule is CC[C@H](C)N(c1ccc(-c2cccnc2)cc1)S(=O)(=O)c1ccc(-c2cccnc2)cc1. The zero-order valence-corrected chi connectivity index (χ0v) is 18.9. The van der Waals surface area contributed by atoms with E-state index in [1.807, 2.05) is 74.5 Å². The molecule has 0 aliphatic rings. The molecule has 5 nitrogen and oxygen atoms in total. The third-order valence-electron chi connectivity index (χ3n) is 5.51. The fourth-order valence-electron chi connectivity index (χ4n) is 3.60. The Hall–Kier alpha value is -3.51. The predicted octanol–water partition coefficient (Wildman–Crippen LogP) is 5.80. The molecule has 0 N–H and O–H groups in total. The number of nitrogens with zero attached hydrogens (tertiary/aromatic N) is 3. The molecule has 32 heavy (non-hydrogen) atoms. The highest BCUT2D eigenvalue weighted by Crippen LogP contribution is 2.30. The van der Waals surface area contributed by atoms with Crippen molar-refractivity contribution in [1.29, 1.82) is 0 Å². The fraction of sp³-hybridized carbons (Fsp3) is 0.154. The first kappa shape index (κ1) is 21.7. The maximum Gasteiger partial charge on any atom is 0.264 e. The van der Waals surface area contributed by atoms with E-state index in [4.69, 9.17) is 0 Å². The number of hydrogen-bond donors (Lipinski definition) is 0. The van der Waals surface area contributed by atoms with Crippen LogP contribution in [0.5, 0.6) is 0 Å². The molecule has 4 rings (SSSR count). The van der Waals surface area contributed by atoms with Crippen molar-refractivity contribution in [2.45, 2.75) is 31.2 Å². The number of anilines is 1. The molecule has 0 unspecified atom stereocenters. The van der Waals surface area contributed by atoms with Gasteiger partial charge in [0.25, 0.3) is 10.0 Å². The van der Waals surface area contributed by atoms with Crippen LogP contribution in [-0.2, 0) is 10.0 Å². The second-order valence-corrected chi connectivity index (χ2v) is 9.43. The van der Waals surface area contributed by atoms with Gasteiger partial charge in [0.2, 0.25) is 0 Å². The summed E-state index contributed by atoms with van der Waals surface area (Å²) in [6.07, 6.45) is 7.69. The minimum absolute atomic E-state index is 0.192. The second kappa shape index (κ2) is 9.32. The van der Waals surface area contributed by atoms with Gasteiger partial charge in [-0.2, -0.15) is 0 Å². The molecule has 0 amide bonds. The van der Waals surface area contributed by atoms with Crippen LogP contribution in [0.1, 0.15) is 20.3 Å². The van der Waals surface area contributed by atoms with Gasteiger partial charge in [0.1, 0.15) is 0 Å². The smallest absolute Gasteiger partial charge is 0.264 e. The van der Waals surface area contributed by atoms with Gasteiger partial charge in [-0.15, -0.1) is 0 Å². The molecule has 0 aliphatic carbocycles. The lowest BCUT2D eigenvalue weighted by Gasteiger charge is -2.30. The van der Waals surface area contributed by atoms with Crippen LogP contribution in [0, 0.1) is 0 Å². The Labute approximate surface area is 189 Å². The van der Waals surface area contributed by atoms with Crippen LogP contribution < -0.4 is 4.31 Å². The topological polar surface area (TPSA) is 63.2 Å². The van der Waals surface area contributed by atoms with Crippen molar-refractivity contribution < 1.29 is 8.42 Å². The monoisotopic (exact) mass is 443 g/mol. The highest BCUT2D eigenvalue weighted by Gasteiger charge is 2.28. The van der Waals surface area contributed by atoms with E-state index in [9.17, 15) is 8.42 Å². The summed E-state index contributed by atoms with van der Waals surface area (Å²) in [6, 6.07) is 22.0. The molecule has 2 heterocycles. The Bertz CT molecular complexity index is 1260. The van der Waals surface area contributed by atoms with E-state index in [0.717, 1.165) is 22.3 Å². The van der Waals surface area contributed by atoms with Gasteiger partial charge in [0.05, 0.1) is 10.6 Å². The molecule has 0 spiro atoms. The Morgan fingerprint density at radius 1 is 0.750 bits per heavy atom. The third-order valence-corrected chi connectivity index (χ3v) is 7.47. The lowest BCUT2D eigenvalue weighted by atomic mass is 10.1. The molecule has 6 heteroatoms. The van der Waals surface area contributed by atoms with Gasteiger partial charge in [0, 0.05) is 30.8 Å². The first-order chi connectivity index (χ1) is 15.5. The van der Waals surface area contributed by atoms with E-state index in [1.165, 1.54) is 4.31 Å². The number of rotatable bonds is 7. The van der Waals surface area contributed by atoms with Gasteiger partial charge in [-0.1, -0.05) is 43.3 Å². The highest BCUT2D eigenvalue weighted by molar-refractivity contribution is 7.92. The summed E-state index contributed by atoms with van der Waals surface area (Å²) in [5, 5.41) is 0. The molecular formula is C26H25N3O2S. The summed E-state index contributed by atoms with van der Waals surface area (Å²) in [7, 11) is -3.74. The predicted molar refractivity (Wildman–Crippen MR) is 129 cm³/mol. The van der Waals surface area contributed by atoms with Crippen molar-refractivity contribution in [3.8, 4) is 22.3 Å². The third kappa shape index (κ3) is 4.41. The number of benzene rings is 2. The van der Waals surface area contributed by atoms with E-state index in [0.29, 0.717) is 12.1 Å². The van der Waals surface area contributed by atoms with E-state index < -0.39 is 10.0 Å². The zero-order valence-electron chi connectivity index (χ0n) is 18.1. The second-order valence-electron chi connectivity index (χ2n) is 7.61. The summed E-state index contributed by atoms with van der Waals surface area (Å²) in [5.41, 5.74) is 4.49. The van der Waals surface area contributed by atoms with Gasteiger partial charge in [-0.25, -0.2) is 8.42 Å². The summed E-state index contributed by atoms with van der Waals surface area (Å²) < 4.78 is 28.8.